The maximum absolute atomic E-state index is 5.74. The van der Waals surface area contributed by atoms with Gasteiger partial charge in [0.1, 0.15) is 5.75 Å². The minimum Gasteiger partial charge on any atom is -0.493 e. The highest BCUT2D eigenvalue weighted by atomic mass is 16.5. The molecule has 0 spiro atoms. The Kier molecular flexibility index (Phi) is 3.79. The van der Waals surface area contributed by atoms with E-state index in [0.717, 1.165) is 37.2 Å². The van der Waals surface area contributed by atoms with Crippen molar-refractivity contribution in [2.75, 3.05) is 13.2 Å². The van der Waals surface area contributed by atoms with Gasteiger partial charge in [0.15, 0.2) is 0 Å². The highest BCUT2D eigenvalue weighted by Gasteiger charge is 2.30. The van der Waals surface area contributed by atoms with E-state index in [9.17, 15) is 0 Å². The summed E-state index contributed by atoms with van der Waals surface area (Å²) in [5, 5.41) is 3.82. The SMILES string of the molecule is CC1CCC(NCC2CCOc3ccccc32)C1C. The molecule has 0 radical (unpaired) electrons. The molecule has 0 bridgehead atoms. The summed E-state index contributed by atoms with van der Waals surface area (Å²) in [7, 11) is 0. The summed E-state index contributed by atoms with van der Waals surface area (Å²) < 4.78 is 5.74. The number of benzene rings is 1. The van der Waals surface area contributed by atoms with Gasteiger partial charge in [-0.1, -0.05) is 32.0 Å². The van der Waals surface area contributed by atoms with Gasteiger partial charge in [0.25, 0.3) is 0 Å². The van der Waals surface area contributed by atoms with E-state index in [0.29, 0.717) is 12.0 Å². The van der Waals surface area contributed by atoms with Crippen molar-refractivity contribution in [3.05, 3.63) is 29.8 Å². The van der Waals surface area contributed by atoms with Gasteiger partial charge in [-0.3, -0.25) is 0 Å². The Morgan fingerprint density at radius 3 is 2.79 bits per heavy atom. The summed E-state index contributed by atoms with van der Waals surface area (Å²) in [6, 6.07) is 9.23. The normalized spacial score (nSPS) is 33.8. The Balaban J connectivity index is 1.62. The maximum Gasteiger partial charge on any atom is 0.122 e. The fourth-order valence-electron chi connectivity index (χ4n) is 3.57. The number of nitrogens with one attached hydrogen (secondary N) is 1. The van der Waals surface area contributed by atoms with Crippen LogP contribution in [-0.4, -0.2) is 19.2 Å². The van der Waals surface area contributed by atoms with Gasteiger partial charge in [-0.15, -0.1) is 0 Å². The summed E-state index contributed by atoms with van der Waals surface area (Å²) in [5.74, 6) is 3.40. The zero-order valence-corrected chi connectivity index (χ0v) is 12.1. The van der Waals surface area contributed by atoms with Gasteiger partial charge in [0.05, 0.1) is 6.61 Å². The quantitative estimate of drug-likeness (QED) is 0.896. The molecule has 2 heteroatoms. The molecule has 0 aromatic heterocycles. The number of fused-ring (bicyclic) bond motifs is 1. The van der Waals surface area contributed by atoms with Crippen molar-refractivity contribution in [1.29, 1.82) is 0 Å². The second-order valence-corrected chi connectivity index (χ2v) is 6.30. The van der Waals surface area contributed by atoms with Gasteiger partial charge in [0.2, 0.25) is 0 Å². The maximum atomic E-state index is 5.74. The van der Waals surface area contributed by atoms with Crippen molar-refractivity contribution < 1.29 is 4.74 Å². The predicted octanol–water partition coefficient (Wildman–Crippen LogP) is 3.58. The molecular weight excluding hydrogens is 234 g/mol. The van der Waals surface area contributed by atoms with Gasteiger partial charge in [-0.2, -0.15) is 0 Å². The molecule has 0 saturated heterocycles. The lowest BCUT2D eigenvalue weighted by Gasteiger charge is -2.28. The van der Waals surface area contributed by atoms with Crippen LogP contribution < -0.4 is 10.1 Å². The highest BCUT2D eigenvalue weighted by Crippen LogP contribution is 2.35. The summed E-state index contributed by atoms with van der Waals surface area (Å²) in [5.41, 5.74) is 1.39. The summed E-state index contributed by atoms with van der Waals surface area (Å²) in [6.07, 6.45) is 3.86. The first-order valence-electron chi connectivity index (χ1n) is 7.71. The number of hydrogen-bond acceptors (Lipinski definition) is 2. The van der Waals surface area contributed by atoms with E-state index in [4.69, 9.17) is 4.74 Å². The van der Waals surface area contributed by atoms with Gasteiger partial charge in [-0.05, 0) is 42.7 Å². The van der Waals surface area contributed by atoms with E-state index < -0.39 is 0 Å². The molecule has 1 saturated carbocycles. The number of rotatable bonds is 3. The van der Waals surface area contributed by atoms with E-state index in [1.165, 1.54) is 18.4 Å². The fourth-order valence-corrected chi connectivity index (χ4v) is 3.57. The molecule has 104 valence electrons. The van der Waals surface area contributed by atoms with Crippen LogP contribution in [0.3, 0.4) is 0 Å². The number of hydrogen-bond donors (Lipinski definition) is 1. The minimum atomic E-state index is 0.619. The first kappa shape index (κ1) is 13.0. The van der Waals surface area contributed by atoms with Crippen molar-refractivity contribution in [1.82, 2.24) is 5.32 Å². The van der Waals surface area contributed by atoms with E-state index in [1.54, 1.807) is 0 Å². The van der Waals surface area contributed by atoms with Crippen LogP contribution in [0.15, 0.2) is 24.3 Å². The lowest BCUT2D eigenvalue weighted by atomic mass is 9.92. The standard InChI is InChI=1S/C17H25NO/c1-12-7-8-16(13(12)2)18-11-14-9-10-19-17-6-4-3-5-15(14)17/h3-6,12-14,16,18H,7-11H2,1-2H3. The molecule has 1 aliphatic heterocycles. The van der Waals surface area contributed by atoms with Crippen molar-refractivity contribution in [2.45, 2.75) is 45.1 Å². The molecule has 1 aromatic carbocycles. The lowest BCUT2D eigenvalue weighted by Crippen LogP contribution is -2.36. The van der Waals surface area contributed by atoms with Crippen LogP contribution in [0.4, 0.5) is 0 Å². The summed E-state index contributed by atoms with van der Waals surface area (Å²) in [4.78, 5) is 0. The molecule has 19 heavy (non-hydrogen) atoms. The molecule has 4 atom stereocenters. The summed E-state index contributed by atoms with van der Waals surface area (Å²) >= 11 is 0. The van der Waals surface area contributed by atoms with Crippen LogP contribution in [-0.2, 0) is 0 Å². The Bertz CT molecular complexity index is 431. The van der Waals surface area contributed by atoms with Crippen LogP contribution in [0, 0.1) is 11.8 Å². The largest absolute Gasteiger partial charge is 0.493 e. The van der Waals surface area contributed by atoms with Crippen molar-refractivity contribution >= 4 is 0 Å². The molecule has 2 nitrogen and oxygen atoms in total. The van der Waals surface area contributed by atoms with Gasteiger partial charge in [0, 0.05) is 18.5 Å². The minimum absolute atomic E-state index is 0.619. The highest BCUT2D eigenvalue weighted by molar-refractivity contribution is 5.37. The number of para-hydroxylation sites is 1. The van der Waals surface area contributed by atoms with Crippen molar-refractivity contribution in [3.8, 4) is 5.75 Å². The lowest BCUT2D eigenvalue weighted by molar-refractivity contribution is 0.258. The Morgan fingerprint density at radius 1 is 1.16 bits per heavy atom. The Labute approximate surface area is 116 Å². The molecule has 0 amide bonds. The first-order chi connectivity index (χ1) is 9.25. The molecule has 1 heterocycles. The topological polar surface area (TPSA) is 21.3 Å². The zero-order valence-electron chi connectivity index (χ0n) is 12.1. The van der Waals surface area contributed by atoms with E-state index in [1.807, 2.05) is 0 Å². The molecular formula is C17H25NO. The predicted molar refractivity (Wildman–Crippen MR) is 78.6 cm³/mol. The fraction of sp³-hybridized carbons (Fsp3) is 0.647. The van der Waals surface area contributed by atoms with Crippen LogP contribution in [0.1, 0.15) is 44.6 Å². The van der Waals surface area contributed by atoms with Crippen LogP contribution in [0.2, 0.25) is 0 Å². The molecule has 2 aliphatic rings. The molecule has 3 rings (SSSR count). The monoisotopic (exact) mass is 259 g/mol. The third kappa shape index (κ3) is 2.64. The zero-order chi connectivity index (χ0) is 13.2. The smallest absolute Gasteiger partial charge is 0.122 e. The van der Waals surface area contributed by atoms with Crippen LogP contribution in [0.25, 0.3) is 0 Å². The molecule has 1 fully saturated rings. The van der Waals surface area contributed by atoms with Gasteiger partial charge >= 0.3 is 0 Å². The van der Waals surface area contributed by atoms with Crippen molar-refractivity contribution in [2.24, 2.45) is 11.8 Å². The third-order valence-electron chi connectivity index (χ3n) is 5.17. The first-order valence-corrected chi connectivity index (χ1v) is 7.71. The third-order valence-corrected chi connectivity index (χ3v) is 5.17. The second kappa shape index (κ2) is 5.54. The van der Waals surface area contributed by atoms with Crippen LogP contribution in [0.5, 0.6) is 5.75 Å². The average molecular weight is 259 g/mol. The van der Waals surface area contributed by atoms with Gasteiger partial charge < -0.3 is 10.1 Å². The van der Waals surface area contributed by atoms with E-state index in [-0.39, 0.29) is 0 Å². The second-order valence-electron chi connectivity index (χ2n) is 6.30. The van der Waals surface area contributed by atoms with E-state index >= 15 is 0 Å². The average Bonchev–Trinajstić information content (AvgIpc) is 2.76. The van der Waals surface area contributed by atoms with E-state index in [2.05, 4.69) is 43.4 Å². The van der Waals surface area contributed by atoms with Crippen LogP contribution >= 0.6 is 0 Å². The molecule has 1 aliphatic carbocycles. The van der Waals surface area contributed by atoms with Gasteiger partial charge in [-0.25, -0.2) is 0 Å². The molecule has 1 aromatic rings. The van der Waals surface area contributed by atoms with Crippen molar-refractivity contribution in [3.63, 3.8) is 0 Å². The molecule has 1 N–H and O–H groups in total. The Hall–Kier alpha value is -1.02. The summed E-state index contributed by atoms with van der Waals surface area (Å²) in [6.45, 7) is 6.74. The molecule has 4 unspecified atom stereocenters. The Morgan fingerprint density at radius 2 is 2.00 bits per heavy atom. The number of ether oxygens (including phenoxy) is 1.